The normalized spacial score (nSPS) is 16.5. The Bertz CT molecular complexity index is 1240. The number of amides is 1. The van der Waals surface area contributed by atoms with Crippen LogP contribution in [0.1, 0.15) is 23.2 Å². The molecule has 1 atom stereocenters. The molecule has 9 heteroatoms. The van der Waals surface area contributed by atoms with E-state index in [0.717, 1.165) is 23.6 Å². The van der Waals surface area contributed by atoms with Gasteiger partial charge in [0.25, 0.3) is 5.91 Å². The summed E-state index contributed by atoms with van der Waals surface area (Å²) in [6, 6.07) is 15.6. The first-order valence-corrected chi connectivity index (χ1v) is 12.0. The average molecular weight is 479 g/mol. The van der Waals surface area contributed by atoms with Crippen LogP contribution in [0.5, 0.6) is 0 Å². The van der Waals surface area contributed by atoms with E-state index in [0.29, 0.717) is 12.3 Å². The third-order valence-electron chi connectivity index (χ3n) is 5.12. The quantitative estimate of drug-likeness (QED) is 0.529. The molecule has 0 aliphatic carbocycles. The van der Waals surface area contributed by atoms with Crippen LogP contribution in [0.15, 0.2) is 59.5 Å². The van der Waals surface area contributed by atoms with E-state index in [1.165, 1.54) is 12.1 Å². The minimum absolute atomic E-state index is 0.0106. The number of hydrogen-bond acceptors (Lipinski definition) is 4. The van der Waals surface area contributed by atoms with Crippen molar-refractivity contribution in [1.82, 2.24) is 4.72 Å². The van der Waals surface area contributed by atoms with Gasteiger partial charge in [-0.2, -0.15) is 0 Å². The Hall–Kier alpha value is -2.16. The van der Waals surface area contributed by atoms with Crippen molar-refractivity contribution in [3.8, 4) is 0 Å². The smallest absolute Gasteiger partial charge is 0.257 e. The Balaban J connectivity index is 1.61. The van der Waals surface area contributed by atoms with Gasteiger partial charge < -0.3 is 10.1 Å². The molecule has 3 aromatic rings. The minimum atomic E-state index is -3.96. The number of halogens is 2. The molecular formula is C22H20Cl2N2O4S. The highest BCUT2D eigenvalue weighted by atomic mass is 35.5. The predicted octanol–water partition coefficient (Wildman–Crippen LogP) is 4.86. The summed E-state index contributed by atoms with van der Waals surface area (Å²) in [5.74, 6) is -0.534. The number of hydrogen-bond donors (Lipinski definition) is 2. The molecule has 0 bridgehead atoms. The van der Waals surface area contributed by atoms with Crippen molar-refractivity contribution in [3.63, 3.8) is 0 Å². The maximum atomic E-state index is 13.0. The van der Waals surface area contributed by atoms with E-state index in [1.54, 1.807) is 6.07 Å². The van der Waals surface area contributed by atoms with Crippen LogP contribution in [0.4, 0.5) is 5.69 Å². The molecule has 1 amide bonds. The Kier molecular flexibility index (Phi) is 6.50. The van der Waals surface area contributed by atoms with Crippen LogP contribution >= 0.6 is 23.2 Å². The molecule has 162 valence electrons. The van der Waals surface area contributed by atoms with Crippen LogP contribution in [-0.4, -0.2) is 33.6 Å². The number of sulfonamides is 1. The number of fused-ring (bicyclic) bond motifs is 1. The first kappa shape index (κ1) is 22.0. The summed E-state index contributed by atoms with van der Waals surface area (Å²) >= 11 is 12.4. The van der Waals surface area contributed by atoms with Crippen LogP contribution in [0.3, 0.4) is 0 Å². The number of ether oxygens (including phenoxy) is 1. The molecule has 4 rings (SSSR count). The van der Waals surface area contributed by atoms with E-state index in [4.69, 9.17) is 27.9 Å². The SMILES string of the molecule is O=C(Nc1cccc2ccccc12)c1cc(S(=O)(=O)NCC2CCCO2)c(Cl)cc1Cl. The number of benzene rings is 3. The molecule has 0 radical (unpaired) electrons. The van der Waals surface area contributed by atoms with Gasteiger partial charge in [-0.25, -0.2) is 13.1 Å². The zero-order chi connectivity index (χ0) is 22.0. The molecule has 0 aromatic heterocycles. The van der Waals surface area contributed by atoms with Crippen molar-refractivity contribution in [3.05, 3.63) is 70.2 Å². The van der Waals surface area contributed by atoms with Gasteiger partial charge in [0.2, 0.25) is 10.0 Å². The second-order valence-electron chi connectivity index (χ2n) is 7.23. The Labute approximate surface area is 190 Å². The summed E-state index contributed by atoms with van der Waals surface area (Å²) < 4.78 is 33.6. The molecular weight excluding hydrogens is 459 g/mol. The lowest BCUT2D eigenvalue weighted by molar-refractivity contribution is 0.102. The van der Waals surface area contributed by atoms with E-state index < -0.39 is 15.9 Å². The molecule has 2 N–H and O–H groups in total. The molecule has 1 aliphatic heterocycles. The number of carbonyl (C=O) groups excluding carboxylic acids is 1. The highest BCUT2D eigenvalue weighted by Gasteiger charge is 2.25. The van der Waals surface area contributed by atoms with Crippen molar-refractivity contribution < 1.29 is 17.9 Å². The van der Waals surface area contributed by atoms with E-state index in [9.17, 15) is 13.2 Å². The van der Waals surface area contributed by atoms with Gasteiger partial charge in [0, 0.05) is 24.2 Å². The minimum Gasteiger partial charge on any atom is -0.377 e. The number of nitrogens with one attached hydrogen (secondary N) is 2. The molecule has 0 saturated carbocycles. The molecule has 31 heavy (non-hydrogen) atoms. The van der Waals surface area contributed by atoms with Crippen molar-refractivity contribution in [2.24, 2.45) is 0 Å². The Morgan fingerprint density at radius 1 is 1.06 bits per heavy atom. The Morgan fingerprint density at radius 2 is 1.84 bits per heavy atom. The molecule has 6 nitrogen and oxygen atoms in total. The van der Waals surface area contributed by atoms with Gasteiger partial charge in [-0.3, -0.25) is 4.79 Å². The number of anilines is 1. The van der Waals surface area contributed by atoms with Gasteiger partial charge in [0.05, 0.1) is 21.7 Å². The summed E-state index contributed by atoms with van der Waals surface area (Å²) in [6.07, 6.45) is 1.51. The fourth-order valence-electron chi connectivity index (χ4n) is 3.52. The second-order valence-corrected chi connectivity index (χ2v) is 9.78. The molecule has 1 heterocycles. The predicted molar refractivity (Wildman–Crippen MR) is 123 cm³/mol. The second kappa shape index (κ2) is 9.14. The standard InChI is InChI=1S/C22H20Cl2N2O4S/c23-18-12-19(24)21(31(28,29)25-13-15-7-4-10-30-15)11-17(18)22(27)26-20-9-3-6-14-5-1-2-8-16(14)20/h1-3,5-6,8-9,11-12,15,25H,4,7,10,13H2,(H,26,27). The first-order chi connectivity index (χ1) is 14.8. The van der Waals surface area contributed by atoms with E-state index in [1.807, 2.05) is 36.4 Å². The summed E-state index contributed by atoms with van der Waals surface area (Å²) in [5.41, 5.74) is 0.603. The zero-order valence-electron chi connectivity index (χ0n) is 16.4. The van der Waals surface area contributed by atoms with Gasteiger partial charge in [0.1, 0.15) is 4.90 Å². The third kappa shape index (κ3) is 4.86. The highest BCUT2D eigenvalue weighted by Crippen LogP contribution is 2.30. The molecule has 1 unspecified atom stereocenters. The number of carbonyl (C=O) groups is 1. The zero-order valence-corrected chi connectivity index (χ0v) is 18.7. The average Bonchev–Trinajstić information content (AvgIpc) is 3.26. The molecule has 1 fully saturated rings. The van der Waals surface area contributed by atoms with Crippen LogP contribution in [-0.2, 0) is 14.8 Å². The maximum Gasteiger partial charge on any atom is 0.257 e. The molecule has 3 aromatic carbocycles. The van der Waals surface area contributed by atoms with E-state index >= 15 is 0 Å². The topological polar surface area (TPSA) is 84.5 Å². The fourth-order valence-corrected chi connectivity index (χ4v) is 5.44. The summed E-state index contributed by atoms with van der Waals surface area (Å²) in [5, 5.41) is 4.63. The molecule has 0 spiro atoms. The largest absolute Gasteiger partial charge is 0.377 e. The summed E-state index contributed by atoms with van der Waals surface area (Å²) in [4.78, 5) is 12.8. The van der Waals surface area contributed by atoms with Crippen LogP contribution in [0.2, 0.25) is 10.0 Å². The third-order valence-corrected chi connectivity index (χ3v) is 7.32. The van der Waals surface area contributed by atoms with Crippen molar-refractivity contribution >= 4 is 55.6 Å². The first-order valence-electron chi connectivity index (χ1n) is 9.74. The van der Waals surface area contributed by atoms with Crippen molar-refractivity contribution in [1.29, 1.82) is 0 Å². The van der Waals surface area contributed by atoms with Crippen molar-refractivity contribution in [2.45, 2.75) is 23.8 Å². The van der Waals surface area contributed by atoms with Gasteiger partial charge in [-0.15, -0.1) is 0 Å². The van der Waals surface area contributed by atoms with Gasteiger partial charge in [-0.1, -0.05) is 59.6 Å². The van der Waals surface area contributed by atoms with Crippen molar-refractivity contribution in [2.75, 3.05) is 18.5 Å². The number of rotatable bonds is 6. The Morgan fingerprint density at radius 3 is 2.61 bits per heavy atom. The summed E-state index contributed by atoms with van der Waals surface area (Å²) in [6.45, 7) is 0.755. The molecule has 1 saturated heterocycles. The van der Waals surface area contributed by atoms with Crippen LogP contribution < -0.4 is 10.0 Å². The highest BCUT2D eigenvalue weighted by molar-refractivity contribution is 7.89. The summed E-state index contributed by atoms with van der Waals surface area (Å²) in [7, 11) is -3.96. The van der Waals surface area contributed by atoms with Crippen LogP contribution in [0, 0.1) is 0 Å². The maximum absolute atomic E-state index is 13.0. The fraction of sp³-hybridized carbons (Fsp3) is 0.227. The van der Waals surface area contributed by atoms with E-state index in [-0.39, 0.29) is 33.2 Å². The lowest BCUT2D eigenvalue weighted by Gasteiger charge is -2.14. The van der Waals surface area contributed by atoms with Crippen LogP contribution in [0.25, 0.3) is 10.8 Å². The monoisotopic (exact) mass is 478 g/mol. The van der Waals surface area contributed by atoms with Gasteiger partial charge in [-0.05, 0) is 36.4 Å². The van der Waals surface area contributed by atoms with Gasteiger partial charge in [0.15, 0.2) is 0 Å². The lowest BCUT2D eigenvalue weighted by Crippen LogP contribution is -2.32. The van der Waals surface area contributed by atoms with E-state index in [2.05, 4.69) is 10.0 Å². The molecule has 1 aliphatic rings. The van der Waals surface area contributed by atoms with Gasteiger partial charge >= 0.3 is 0 Å². The lowest BCUT2D eigenvalue weighted by atomic mass is 10.1.